The van der Waals surface area contributed by atoms with Crippen molar-refractivity contribution in [3.05, 3.63) is 0 Å². The summed E-state index contributed by atoms with van der Waals surface area (Å²) in [5.74, 6) is 1.53. The van der Waals surface area contributed by atoms with Crippen molar-refractivity contribution in [2.24, 2.45) is 11.8 Å². The van der Waals surface area contributed by atoms with E-state index in [4.69, 9.17) is 0 Å². The van der Waals surface area contributed by atoms with Crippen molar-refractivity contribution >= 4 is 0 Å². The third-order valence-corrected chi connectivity index (χ3v) is 4.61. The molecule has 0 aromatic rings. The maximum Gasteiger partial charge on any atom is 0.0664 e. The lowest BCUT2D eigenvalue weighted by Gasteiger charge is -2.40. The molecule has 0 spiro atoms. The number of nitrogens with zero attached hydrogens (tertiary/aromatic N) is 1. The van der Waals surface area contributed by atoms with Gasteiger partial charge >= 0.3 is 0 Å². The van der Waals surface area contributed by atoms with Gasteiger partial charge in [-0.1, -0.05) is 0 Å². The largest absolute Gasteiger partial charge is 0.392 e. The van der Waals surface area contributed by atoms with Crippen LogP contribution in [0.1, 0.15) is 27.7 Å². The van der Waals surface area contributed by atoms with Gasteiger partial charge in [-0.15, -0.1) is 0 Å². The number of hydrogen-bond donors (Lipinski definition) is 2. The molecule has 2 aliphatic rings. The standard InChI is InChI=1S/C12H24N2O/c1-8(9(2)15)14-7-10-5-13-6-11(10)12(14,3)4/h8-11,13,15H,5-7H2,1-4H3. The van der Waals surface area contributed by atoms with E-state index < -0.39 is 0 Å². The molecule has 0 aromatic heterocycles. The summed E-state index contributed by atoms with van der Waals surface area (Å²) in [6, 6.07) is 0.269. The molecule has 2 heterocycles. The molecule has 3 nitrogen and oxygen atoms in total. The number of nitrogens with one attached hydrogen (secondary N) is 1. The van der Waals surface area contributed by atoms with Gasteiger partial charge in [0.1, 0.15) is 0 Å². The fraction of sp³-hybridized carbons (Fsp3) is 1.00. The minimum Gasteiger partial charge on any atom is -0.392 e. The molecule has 2 saturated heterocycles. The fourth-order valence-corrected chi connectivity index (χ4v) is 3.40. The summed E-state index contributed by atoms with van der Waals surface area (Å²) in [7, 11) is 0. The molecule has 4 atom stereocenters. The molecule has 3 heteroatoms. The van der Waals surface area contributed by atoms with Gasteiger partial charge in [-0.2, -0.15) is 0 Å². The van der Waals surface area contributed by atoms with Gasteiger partial charge in [0, 0.05) is 24.7 Å². The van der Waals surface area contributed by atoms with Crippen LogP contribution in [-0.4, -0.2) is 47.3 Å². The number of hydrogen-bond acceptors (Lipinski definition) is 3. The summed E-state index contributed by atoms with van der Waals surface area (Å²) in [4.78, 5) is 2.49. The predicted molar refractivity (Wildman–Crippen MR) is 61.8 cm³/mol. The maximum absolute atomic E-state index is 9.72. The first-order valence-corrected chi connectivity index (χ1v) is 6.10. The third-order valence-electron chi connectivity index (χ3n) is 4.61. The molecule has 0 aliphatic carbocycles. The number of fused-ring (bicyclic) bond motifs is 1. The SMILES string of the molecule is CC(O)C(C)N1CC2CNCC2C1(C)C. The van der Waals surface area contributed by atoms with Gasteiger partial charge in [0.2, 0.25) is 0 Å². The van der Waals surface area contributed by atoms with Crippen molar-refractivity contribution in [3.8, 4) is 0 Å². The molecular formula is C12H24N2O. The van der Waals surface area contributed by atoms with Gasteiger partial charge in [0.25, 0.3) is 0 Å². The molecule has 2 fully saturated rings. The van der Waals surface area contributed by atoms with Crippen LogP contribution in [0.2, 0.25) is 0 Å². The number of aliphatic hydroxyl groups excluding tert-OH is 1. The van der Waals surface area contributed by atoms with Crippen LogP contribution in [0.15, 0.2) is 0 Å². The van der Waals surface area contributed by atoms with Gasteiger partial charge in [-0.3, -0.25) is 4.90 Å². The monoisotopic (exact) mass is 212 g/mol. The Bertz CT molecular complexity index is 240. The van der Waals surface area contributed by atoms with Crippen LogP contribution in [0.3, 0.4) is 0 Å². The van der Waals surface area contributed by atoms with Crippen LogP contribution in [0.5, 0.6) is 0 Å². The van der Waals surface area contributed by atoms with E-state index in [9.17, 15) is 5.11 Å². The van der Waals surface area contributed by atoms with Crippen LogP contribution in [0, 0.1) is 11.8 Å². The molecule has 2 aliphatic heterocycles. The van der Waals surface area contributed by atoms with E-state index in [0.29, 0.717) is 0 Å². The van der Waals surface area contributed by atoms with Crippen LogP contribution >= 0.6 is 0 Å². The lowest BCUT2D eigenvalue weighted by molar-refractivity contribution is 0.0220. The summed E-state index contributed by atoms with van der Waals surface area (Å²) in [6.45, 7) is 12.1. The number of rotatable bonds is 2. The van der Waals surface area contributed by atoms with Gasteiger partial charge in [0.05, 0.1) is 6.10 Å². The summed E-state index contributed by atoms with van der Waals surface area (Å²) in [5.41, 5.74) is 0.227. The Balaban J connectivity index is 2.15. The highest BCUT2D eigenvalue weighted by molar-refractivity contribution is 5.06. The number of likely N-dealkylation sites (tertiary alicyclic amines) is 1. The van der Waals surface area contributed by atoms with Crippen LogP contribution in [-0.2, 0) is 0 Å². The minimum absolute atomic E-state index is 0.227. The Labute approximate surface area is 92.8 Å². The molecular weight excluding hydrogens is 188 g/mol. The molecule has 2 rings (SSSR count). The Kier molecular flexibility index (Phi) is 2.82. The number of aliphatic hydroxyl groups is 1. The van der Waals surface area contributed by atoms with Crippen LogP contribution in [0.25, 0.3) is 0 Å². The van der Waals surface area contributed by atoms with E-state index in [1.54, 1.807) is 0 Å². The first kappa shape index (κ1) is 11.4. The summed E-state index contributed by atoms with van der Waals surface area (Å²) >= 11 is 0. The Morgan fingerprint density at radius 2 is 2.00 bits per heavy atom. The van der Waals surface area contributed by atoms with Crippen molar-refractivity contribution in [1.29, 1.82) is 0 Å². The molecule has 0 radical (unpaired) electrons. The van der Waals surface area contributed by atoms with Crippen molar-refractivity contribution in [1.82, 2.24) is 10.2 Å². The average Bonchev–Trinajstić information content (AvgIpc) is 2.67. The lowest BCUT2D eigenvalue weighted by atomic mass is 9.84. The first-order valence-electron chi connectivity index (χ1n) is 6.10. The topological polar surface area (TPSA) is 35.5 Å². The first-order chi connectivity index (χ1) is 6.94. The smallest absolute Gasteiger partial charge is 0.0664 e. The molecule has 4 unspecified atom stereocenters. The predicted octanol–water partition coefficient (Wildman–Crippen LogP) is 0.685. The zero-order valence-electron chi connectivity index (χ0n) is 10.3. The van der Waals surface area contributed by atoms with Crippen molar-refractivity contribution < 1.29 is 5.11 Å². The van der Waals surface area contributed by atoms with Crippen molar-refractivity contribution in [3.63, 3.8) is 0 Å². The van der Waals surface area contributed by atoms with Gasteiger partial charge in [0.15, 0.2) is 0 Å². The molecule has 88 valence electrons. The van der Waals surface area contributed by atoms with E-state index in [1.165, 1.54) is 0 Å². The zero-order valence-corrected chi connectivity index (χ0v) is 10.3. The fourth-order valence-electron chi connectivity index (χ4n) is 3.40. The Morgan fingerprint density at radius 3 is 2.53 bits per heavy atom. The highest BCUT2D eigenvalue weighted by atomic mass is 16.3. The maximum atomic E-state index is 9.72. The van der Waals surface area contributed by atoms with Gasteiger partial charge in [-0.05, 0) is 46.1 Å². The quantitative estimate of drug-likeness (QED) is 0.707. The van der Waals surface area contributed by atoms with E-state index in [0.717, 1.165) is 31.5 Å². The summed E-state index contributed by atoms with van der Waals surface area (Å²) < 4.78 is 0. The molecule has 0 bridgehead atoms. The van der Waals surface area contributed by atoms with E-state index in [1.807, 2.05) is 6.92 Å². The van der Waals surface area contributed by atoms with E-state index in [-0.39, 0.29) is 17.7 Å². The second-order valence-corrected chi connectivity index (χ2v) is 5.81. The Morgan fingerprint density at radius 1 is 1.33 bits per heavy atom. The van der Waals surface area contributed by atoms with Crippen LogP contribution in [0.4, 0.5) is 0 Å². The van der Waals surface area contributed by atoms with Gasteiger partial charge < -0.3 is 10.4 Å². The van der Waals surface area contributed by atoms with Crippen molar-refractivity contribution in [2.45, 2.75) is 45.4 Å². The highest BCUT2D eigenvalue weighted by Gasteiger charge is 2.51. The normalized spacial score (nSPS) is 39.0. The molecule has 0 amide bonds. The highest BCUT2D eigenvalue weighted by Crippen LogP contribution is 2.41. The molecule has 2 N–H and O–H groups in total. The van der Waals surface area contributed by atoms with E-state index in [2.05, 4.69) is 31.0 Å². The Hall–Kier alpha value is -0.120. The van der Waals surface area contributed by atoms with E-state index >= 15 is 0 Å². The third kappa shape index (κ3) is 1.71. The van der Waals surface area contributed by atoms with Crippen molar-refractivity contribution in [2.75, 3.05) is 19.6 Å². The zero-order chi connectivity index (χ0) is 11.2. The molecule has 0 aromatic carbocycles. The minimum atomic E-state index is -0.240. The molecule has 0 saturated carbocycles. The van der Waals surface area contributed by atoms with Gasteiger partial charge in [-0.25, -0.2) is 0 Å². The summed E-state index contributed by atoms with van der Waals surface area (Å²) in [6.07, 6.45) is -0.240. The van der Waals surface area contributed by atoms with Crippen LogP contribution < -0.4 is 5.32 Å². The molecule has 15 heavy (non-hydrogen) atoms. The average molecular weight is 212 g/mol. The second kappa shape index (κ2) is 3.72. The summed E-state index contributed by atoms with van der Waals surface area (Å²) in [5, 5.41) is 13.2. The second-order valence-electron chi connectivity index (χ2n) is 5.81. The lowest BCUT2D eigenvalue weighted by Crippen LogP contribution is -2.51.